The molecule has 4 rings (SSSR count). The van der Waals surface area contributed by atoms with Crippen LogP contribution < -0.4 is 0 Å². The molecule has 2 aromatic rings. The minimum absolute atomic E-state index is 0.0484. The van der Waals surface area contributed by atoms with Crippen LogP contribution in [0.4, 0.5) is 11.4 Å². The number of aliphatic hydroxyl groups excluding tert-OH is 2. The SMILES string of the molecule is Cc1ccccc1N=C1CC(C)(C)CC(=O)/C1=C(/O)CCCC/C(O)=C1\C(=O)CC(C)(C)CC1=Nc1ccccc1C. The highest BCUT2D eigenvalue weighted by molar-refractivity contribution is 6.26. The van der Waals surface area contributed by atoms with Gasteiger partial charge in [-0.25, -0.2) is 0 Å². The average molecular weight is 569 g/mol. The Morgan fingerprint density at radius 1 is 0.643 bits per heavy atom. The maximum atomic E-state index is 13.2. The predicted molar refractivity (Wildman–Crippen MR) is 170 cm³/mol. The van der Waals surface area contributed by atoms with E-state index in [-0.39, 0.29) is 33.9 Å². The number of Topliss-reactive ketones (excluding diaryl/α,β-unsaturated/α-hetero) is 2. The lowest BCUT2D eigenvalue weighted by molar-refractivity contribution is -0.118. The number of unbranched alkanes of at least 4 members (excludes halogenated alkanes) is 1. The summed E-state index contributed by atoms with van der Waals surface area (Å²) in [7, 11) is 0. The Morgan fingerprint density at radius 2 is 1.00 bits per heavy atom. The van der Waals surface area contributed by atoms with E-state index in [1.807, 2.05) is 90.1 Å². The van der Waals surface area contributed by atoms with Gasteiger partial charge in [0.2, 0.25) is 0 Å². The molecule has 2 N–H and O–H groups in total. The second kappa shape index (κ2) is 12.6. The van der Waals surface area contributed by atoms with Crippen LogP contribution in [0.5, 0.6) is 0 Å². The molecule has 0 heterocycles. The monoisotopic (exact) mass is 568 g/mol. The Morgan fingerprint density at radius 3 is 1.36 bits per heavy atom. The molecule has 2 aromatic carbocycles. The summed E-state index contributed by atoms with van der Waals surface area (Å²) in [5, 5.41) is 22.2. The zero-order chi connectivity index (χ0) is 30.7. The lowest BCUT2D eigenvalue weighted by atomic mass is 9.73. The van der Waals surface area contributed by atoms with Crippen molar-refractivity contribution in [3.05, 3.63) is 82.3 Å². The molecule has 2 fully saturated rings. The first-order valence-electron chi connectivity index (χ1n) is 14.9. The fourth-order valence-corrected chi connectivity index (χ4v) is 5.93. The van der Waals surface area contributed by atoms with Gasteiger partial charge in [0.1, 0.15) is 11.5 Å². The molecule has 0 radical (unpaired) electrons. The van der Waals surface area contributed by atoms with Crippen molar-refractivity contribution in [1.82, 2.24) is 0 Å². The molecule has 0 spiro atoms. The van der Waals surface area contributed by atoms with E-state index < -0.39 is 0 Å². The van der Waals surface area contributed by atoms with Gasteiger partial charge in [0.15, 0.2) is 11.6 Å². The molecule has 2 saturated carbocycles. The summed E-state index contributed by atoms with van der Waals surface area (Å²) in [4.78, 5) is 36.0. The molecule has 0 bridgehead atoms. The number of carbonyl (C=O) groups excluding carboxylic acids is 2. The fourth-order valence-electron chi connectivity index (χ4n) is 5.93. The Bertz CT molecular complexity index is 1390. The number of para-hydroxylation sites is 2. The summed E-state index contributed by atoms with van der Waals surface area (Å²) in [6.45, 7) is 12.2. The number of aliphatic hydroxyl groups is 2. The van der Waals surface area contributed by atoms with Gasteiger partial charge in [0.25, 0.3) is 0 Å². The van der Waals surface area contributed by atoms with Crippen LogP contribution in [0.3, 0.4) is 0 Å². The number of ketones is 2. The van der Waals surface area contributed by atoms with Crippen molar-refractivity contribution in [2.45, 2.75) is 92.9 Å². The van der Waals surface area contributed by atoms with Gasteiger partial charge in [0.05, 0.1) is 33.9 Å². The van der Waals surface area contributed by atoms with E-state index in [1.165, 1.54) is 0 Å². The number of carbonyl (C=O) groups is 2. The van der Waals surface area contributed by atoms with Crippen molar-refractivity contribution in [3.8, 4) is 0 Å². The molecule has 6 heteroatoms. The maximum absolute atomic E-state index is 13.2. The standard InChI is InChI=1S/C36H44N2O4/c1-23-13-7-9-15-25(23)37-27-19-35(3,4)21-31(41)33(27)29(39)17-11-12-18-30(40)34-28(20-36(5,6)22-32(34)42)38-26-16-10-8-14-24(26)2/h7-10,13-16,39-40H,11-12,17-22H2,1-6H3/b33-29+,34-30+,37-27?,38-28?. The number of nitrogens with zero attached hydrogens (tertiary/aromatic N) is 2. The van der Waals surface area contributed by atoms with Gasteiger partial charge < -0.3 is 10.2 Å². The molecule has 2 aliphatic carbocycles. The second-order valence-corrected chi connectivity index (χ2v) is 13.4. The number of aryl methyl sites for hydroxylation is 2. The zero-order valence-corrected chi connectivity index (χ0v) is 25.9. The van der Waals surface area contributed by atoms with E-state index in [9.17, 15) is 19.8 Å². The van der Waals surface area contributed by atoms with E-state index in [0.717, 1.165) is 22.5 Å². The van der Waals surface area contributed by atoms with E-state index in [1.54, 1.807) is 0 Å². The van der Waals surface area contributed by atoms with E-state index in [2.05, 4.69) is 0 Å². The van der Waals surface area contributed by atoms with E-state index in [0.29, 0.717) is 73.9 Å². The van der Waals surface area contributed by atoms with Gasteiger partial charge in [-0.05, 0) is 73.6 Å². The van der Waals surface area contributed by atoms with Crippen molar-refractivity contribution < 1.29 is 19.8 Å². The molecule has 0 amide bonds. The second-order valence-electron chi connectivity index (χ2n) is 13.4. The molecule has 0 saturated heterocycles. The number of rotatable bonds is 7. The van der Waals surface area contributed by atoms with Gasteiger partial charge >= 0.3 is 0 Å². The number of hydrogen-bond donors (Lipinski definition) is 2. The number of allylic oxidation sites excluding steroid dienone is 4. The lowest BCUT2D eigenvalue weighted by Crippen LogP contribution is -2.32. The summed E-state index contributed by atoms with van der Waals surface area (Å²) in [6, 6.07) is 15.5. The van der Waals surface area contributed by atoms with Crippen LogP contribution in [-0.2, 0) is 9.59 Å². The quantitative estimate of drug-likeness (QED) is 0.198. The minimum Gasteiger partial charge on any atom is -0.511 e. The van der Waals surface area contributed by atoms with Crippen LogP contribution in [0, 0.1) is 24.7 Å². The third-order valence-electron chi connectivity index (χ3n) is 8.10. The average Bonchev–Trinajstić information content (AvgIpc) is 2.87. The van der Waals surface area contributed by atoms with Crippen molar-refractivity contribution in [3.63, 3.8) is 0 Å². The third kappa shape index (κ3) is 7.53. The highest BCUT2D eigenvalue weighted by atomic mass is 16.3. The van der Waals surface area contributed by atoms with Gasteiger partial charge in [-0.3, -0.25) is 19.6 Å². The minimum atomic E-state index is -0.237. The number of aliphatic imine (C=N–C) groups is 2. The topological polar surface area (TPSA) is 99.3 Å². The van der Waals surface area contributed by atoms with Gasteiger partial charge in [0, 0.05) is 25.7 Å². The van der Waals surface area contributed by atoms with Crippen LogP contribution >= 0.6 is 0 Å². The Balaban J connectivity index is 1.53. The van der Waals surface area contributed by atoms with Crippen molar-refractivity contribution >= 4 is 34.4 Å². The van der Waals surface area contributed by atoms with Crippen molar-refractivity contribution in [2.24, 2.45) is 20.8 Å². The Labute approximate surface area is 250 Å². The summed E-state index contributed by atoms with van der Waals surface area (Å²) < 4.78 is 0. The molecular weight excluding hydrogens is 524 g/mol. The van der Waals surface area contributed by atoms with Crippen molar-refractivity contribution in [2.75, 3.05) is 0 Å². The molecule has 6 nitrogen and oxygen atoms in total. The number of hydrogen-bond acceptors (Lipinski definition) is 6. The van der Waals surface area contributed by atoms with Crippen LogP contribution in [0.2, 0.25) is 0 Å². The molecule has 0 aromatic heterocycles. The summed E-state index contributed by atoms with van der Waals surface area (Å²) in [6.07, 6.45) is 3.59. The first kappa shape index (κ1) is 31.1. The molecular formula is C36H44N2O4. The summed E-state index contributed by atoms with van der Waals surface area (Å²) >= 11 is 0. The molecule has 222 valence electrons. The van der Waals surface area contributed by atoms with Gasteiger partial charge in [-0.2, -0.15) is 0 Å². The smallest absolute Gasteiger partial charge is 0.168 e. The van der Waals surface area contributed by atoms with Crippen LogP contribution in [0.25, 0.3) is 0 Å². The summed E-state index contributed by atoms with van der Waals surface area (Å²) in [5.41, 5.74) is 5.05. The lowest BCUT2D eigenvalue weighted by Gasteiger charge is -2.31. The van der Waals surface area contributed by atoms with E-state index >= 15 is 0 Å². The largest absolute Gasteiger partial charge is 0.511 e. The maximum Gasteiger partial charge on any atom is 0.168 e. The fraction of sp³-hybridized carbons (Fsp3) is 0.444. The Hall–Kier alpha value is -3.80. The van der Waals surface area contributed by atoms with Gasteiger partial charge in [-0.1, -0.05) is 64.1 Å². The summed E-state index contributed by atoms with van der Waals surface area (Å²) in [5.74, 6) is -0.0819. The first-order valence-corrected chi connectivity index (χ1v) is 14.9. The van der Waals surface area contributed by atoms with Crippen molar-refractivity contribution in [1.29, 1.82) is 0 Å². The highest BCUT2D eigenvalue weighted by Gasteiger charge is 2.37. The van der Waals surface area contributed by atoms with Crippen LogP contribution in [0.1, 0.15) is 90.2 Å². The molecule has 0 aliphatic heterocycles. The van der Waals surface area contributed by atoms with Gasteiger partial charge in [-0.15, -0.1) is 0 Å². The predicted octanol–water partition coefficient (Wildman–Crippen LogP) is 9.11. The highest BCUT2D eigenvalue weighted by Crippen LogP contribution is 2.39. The number of benzene rings is 2. The Kier molecular flexibility index (Phi) is 9.34. The van der Waals surface area contributed by atoms with E-state index in [4.69, 9.17) is 9.98 Å². The first-order chi connectivity index (χ1) is 19.8. The zero-order valence-electron chi connectivity index (χ0n) is 25.9. The molecule has 0 unspecified atom stereocenters. The molecule has 2 aliphatic rings. The normalized spacial score (nSPS) is 22.9. The van der Waals surface area contributed by atoms with Crippen LogP contribution in [-0.4, -0.2) is 33.2 Å². The van der Waals surface area contributed by atoms with Crippen LogP contribution in [0.15, 0.2) is 81.2 Å². The molecule has 42 heavy (non-hydrogen) atoms. The third-order valence-corrected chi connectivity index (χ3v) is 8.10. The molecule has 0 atom stereocenters.